The van der Waals surface area contributed by atoms with E-state index >= 15 is 0 Å². The first-order valence-electron chi connectivity index (χ1n) is 11.9. The van der Waals surface area contributed by atoms with Gasteiger partial charge in [0.25, 0.3) is 0 Å². The van der Waals surface area contributed by atoms with E-state index in [9.17, 15) is 15.0 Å². The number of rotatable bonds is 10. The first-order valence-corrected chi connectivity index (χ1v) is 11.9. The largest absolute Gasteiger partial charge is 0.508 e. The minimum absolute atomic E-state index is 0.0325. The summed E-state index contributed by atoms with van der Waals surface area (Å²) >= 11 is 0. The molecule has 0 aromatic heterocycles. The van der Waals surface area contributed by atoms with Gasteiger partial charge in [-0.15, -0.1) is 0 Å². The van der Waals surface area contributed by atoms with Crippen LogP contribution in [0.3, 0.4) is 0 Å². The molecule has 0 aliphatic rings. The Morgan fingerprint density at radius 2 is 0.972 bits per heavy atom. The van der Waals surface area contributed by atoms with Crippen molar-refractivity contribution in [1.82, 2.24) is 0 Å². The van der Waals surface area contributed by atoms with Crippen LogP contribution >= 0.6 is 0 Å². The predicted octanol–water partition coefficient (Wildman–Crippen LogP) is 6.04. The summed E-state index contributed by atoms with van der Waals surface area (Å²) in [6, 6.07) is 29.1. The summed E-state index contributed by atoms with van der Waals surface area (Å²) in [5, 5.41) is 19.5. The van der Waals surface area contributed by atoms with E-state index in [0.717, 1.165) is 22.3 Å². The number of aromatic hydroxyl groups is 2. The highest BCUT2D eigenvalue weighted by Crippen LogP contribution is 2.38. The van der Waals surface area contributed by atoms with Gasteiger partial charge in [-0.2, -0.15) is 0 Å². The zero-order valence-electron chi connectivity index (χ0n) is 20.4. The second-order valence-corrected chi connectivity index (χ2v) is 8.73. The lowest BCUT2D eigenvalue weighted by Gasteiger charge is -2.26. The van der Waals surface area contributed by atoms with Gasteiger partial charge in [-0.1, -0.05) is 60.7 Å². The zero-order valence-corrected chi connectivity index (χ0v) is 20.4. The molecule has 4 aromatic rings. The van der Waals surface area contributed by atoms with Gasteiger partial charge in [0.1, 0.15) is 28.8 Å². The third-order valence-electron chi connectivity index (χ3n) is 6.47. The standard InChI is InChI=1S/C31H30O5/c1-35-29-9-5-3-7-25(29)27(19-21-11-15-23(32)16-12-21)31(34)28(20-22-13-17-24(33)18-14-22)26-8-4-6-10-30(26)36-2/h3-18,27-28,32-33H,19-20H2,1-2H3. The van der Waals surface area contributed by atoms with Crippen molar-refractivity contribution < 1.29 is 24.5 Å². The van der Waals surface area contributed by atoms with Gasteiger partial charge < -0.3 is 19.7 Å². The molecule has 2 N–H and O–H groups in total. The molecule has 4 aromatic carbocycles. The molecule has 0 fully saturated rings. The SMILES string of the molecule is COc1ccccc1C(Cc1ccc(O)cc1)C(=O)C(Cc1ccc(O)cc1)c1ccccc1OC. The first kappa shape index (κ1) is 24.9. The van der Waals surface area contributed by atoms with Crippen molar-refractivity contribution in [1.29, 1.82) is 0 Å². The van der Waals surface area contributed by atoms with Crippen molar-refractivity contribution in [3.8, 4) is 23.0 Å². The molecule has 0 aliphatic carbocycles. The maximum Gasteiger partial charge on any atom is 0.148 e. The highest BCUT2D eigenvalue weighted by atomic mass is 16.5. The molecule has 4 rings (SSSR count). The van der Waals surface area contributed by atoms with E-state index in [2.05, 4.69) is 0 Å². The lowest BCUT2D eigenvalue weighted by Crippen LogP contribution is -2.25. The summed E-state index contributed by atoms with van der Waals surface area (Å²) in [5.74, 6) is 0.688. The van der Waals surface area contributed by atoms with Gasteiger partial charge >= 0.3 is 0 Å². The molecule has 0 heterocycles. The Hall–Kier alpha value is -4.25. The van der Waals surface area contributed by atoms with E-state index in [1.807, 2.05) is 72.8 Å². The Bertz CT molecular complexity index is 1190. The third-order valence-corrected chi connectivity index (χ3v) is 6.47. The van der Waals surface area contributed by atoms with Crippen molar-refractivity contribution in [2.24, 2.45) is 0 Å². The number of benzene rings is 4. The quantitative estimate of drug-likeness (QED) is 0.288. The number of hydrogen-bond acceptors (Lipinski definition) is 5. The van der Waals surface area contributed by atoms with Crippen LogP contribution in [0.25, 0.3) is 0 Å². The number of carbonyl (C=O) groups is 1. The Kier molecular flexibility index (Phi) is 7.91. The fourth-order valence-corrected chi connectivity index (χ4v) is 4.61. The van der Waals surface area contributed by atoms with Crippen LogP contribution in [0.2, 0.25) is 0 Å². The van der Waals surface area contributed by atoms with Crippen molar-refractivity contribution in [3.63, 3.8) is 0 Å². The van der Waals surface area contributed by atoms with E-state index in [1.165, 1.54) is 0 Å². The molecule has 0 saturated heterocycles. The maximum absolute atomic E-state index is 14.5. The Morgan fingerprint density at radius 1 is 0.611 bits per heavy atom. The topological polar surface area (TPSA) is 76.0 Å². The zero-order chi connectivity index (χ0) is 25.5. The Labute approximate surface area is 211 Å². The summed E-state index contributed by atoms with van der Waals surface area (Å²) in [7, 11) is 3.21. The average Bonchev–Trinajstić information content (AvgIpc) is 2.92. The third kappa shape index (κ3) is 5.69. The van der Waals surface area contributed by atoms with Crippen molar-refractivity contribution in [2.45, 2.75) is 24.7 Å². The van der Waals surface area contributed by atoms with Crippen LogP contribution in [0.1, 0.15) is 34.1 Å². The minimum Gasteiger partial charge on any atom is -0.508 e. The van der Waals surface area contributed by atoms with Gasteiger partial charge in [-0.3, -0.25) is 4.79 Å². The molecule has 0 spiro atoms. The normalized spacial score (nSPS) is 12.5. The van der Waals surface area contributed by atoms with Gasteiger partial charge in [-0.25, -0.2) is 0 Å². The molecule has 5 heteroatoms. The van der Waals surface area contributed by atoms with E-state index < -0.39 is 11.8 Å². The molecule has 36 heavy (non-hydrogen) atoms. The molecule has 0 aliphatic heterocycles. The lowest BCUT2D eigenvalue weighted by molar-refractivity contribution is -0.122. The fourth-order valence-electron chi connectivity index (χ4n) is 4.61. The number of carbonyl (C=O) groups excluding carboxylic acids is 1. The number of para-hydroxylation sites is 2. The van der Waals surface area contributed by atoms with Crippen LogP contribution in [0, 0.1) is 0 Å². The Balaban J connectivity index is 1.81. The average molecular weight is 483 g/mol. The number of ether oxygens (including phenoxy) is 2. The van der Waals surface area contributed by atoms with Crippen LogP contribution in [-0.2, 0) is 17.6 Å². The van der Waals surface area contributed by atoms with Crippen molar-refractivity contribution in [3.05, 3.63) is 119 Å². The molecule has 0 saturated carbocycles. The Morgan fingerprint density at radius 3 is 1.33 bits per heavy atom. The van der Waals surface area contributed by atoms with Gasteiger partial charge in [0.2, 0.25) is 0 Å². The number of hydrogen-bond donors (Lipinski definition) is 2. The number of ketones is 1. The van der Waals surface area contributed by atoms with E-state index in [4.69, 9.17) is 9.47 Å². The minimum atomic E-state index is -0.502. The molecule has 5 nitrogen and oxygen atoms in total. The van der Waals surface area contributed by atoms with Gasteiger partial charge in [0.05, 0.1) is 26.1 Å². The fraction of sp³-hybridized carbons (Fsp3) is 0.194. The monoisotopic (exact) mass is 482 g/mol. The van der Waals surface area contributed by atoms with Gasteiger partial charge in [0.15, 0.2) is 0 Å². The van der Waals surface area contributed by atoms with Crippen LogP contribution < -0.4 is 9.47 Å². The molecule has 184 valence electrons. The molecule has 0 radical (unpaired) electrons. The highest BCUT2D eigenvalue weighted by Gasteiger charge is 2.33. The molecular formula is C31H30O5. The van der Waals surface area contributed by atoms with Crippen LogP contribution in [0.15, 0.2) is 97.1 Å². The van der Waals surface area contributed by atoms with Gasteiger partial charge in [-0.05, 0) is 60.4 Å². The molecular weight excluding hydrogens is 452 g/mol. The molecule has 2 unspecified atom stereocenters. The number of methoxy groups -OCH3 is 2. The van der Waals surface area contributed by atoms with E-state index in [0.29, 0.717) is 24.3 Å². The molecule has 0 bridgehead atoms. The van der Waals surface area contributed by atoms with E-state index in [-0.39, 0.29) is 17.3 Å². The summed E-state index contributed by atoms with van der Waals surface area (Å²) in [5.41, 5.74) is 3.48. The van der Waals surface area contributed by atoms with Crippen molar-refractivity contribution >= 4 is 5.78 Å². The highest BCUT2D eigenvalue weighted by molar-refractivity contribution is 5.93. The first-order chi connectivity index (χ1) is 17.5. The molecule has 0 amide bonds. The number of phenolic OH excluding ortho intramolecular Hbond substituents is 2. The predicted molar refractivity (Wildman–Crippen MR) is 140 cm³/mol. The molecule has 2 atom stereocenters. The summed E-state index contributed by atoms with van der Waals surface area (Å²) in [4.78, 5) is 14.5. The second kappa shape index (κ2) is 11.5. The summed E-state index contributed by atoms with van der Waals surface area (Å²) in [6.45, 7) is 0. The van der Waals surface area contributed by atoms with Crippen LogP contribution in [0.5, 0.6) is 23.0 Å². The maximum atomic E-state index is 14.5. The van der Waals surface area contributed by atoms with Gasteiger partial charge in [0, 0.05) is 11.1 Å². The van der Waals surface area contributed by atoms with Crippen molar-refractivity contribution in [2.75, 3.05) is 14.2 Å². The van der Waals surface area contributed by atoms with E-state index in [1.54, 1.807) is 38.5 Å². The summed E-state index contributed by atoms with van der Waals surface area (Å²) in [6.07, 6.45) is 0.890. The van der Waals surface area contributed by atoms with Crippen LogP contribution in [-0.4, -0.2) is 30.2 Å². The smallest absolute Gasteiger partial charge is 0.148 e. The van der Waals surface area contributed by atoms with Crippen LogP contribution in [0.4, 0.5) is 0 Å². The number of phenols is 2. The number of Topliss-reactive ketones (excluding diaryl/α,β-unsaturated/α-hetero) is 1. The summed E-state index contributed by atoms with van der Waals surface area (Å²) < 4.78 is 11.3. The lowest BCUT2D eigenvalue weighted by atomic mass is 9.77. The second-order valence-electron chi connectivity index (χ2n) is 8.73.